The van der Waals surface area contributed by atoms with Gasteiger partial charge in [-0.3, -0.25) is 5.32 Å². The molecule has 1 aromatic carbocycles. The number of nitrogens with one attached hydrogen (secondary N) is 2. The molecule has 5 rings (SSSR count). The summed E-state index contributed by atoms with van der Waals surface area (Å²) in [7, 11) is 0. The van der Waals surface area contributed by atoms with E-state index in [1.54, 1.807) is 18.3 Å². The summed E-state index contributed by atoms with van der Waals surface area (Å²) in [6.45, 7) is 6.03. The lowest BCUT2D eigenvalue weighted by atomic mass is 9.97. The number of hydrogen-bond acceptors (Lipinski definition) is 8. The second-order valence-electron chi connectivity index (χ2n) is 8.47. The summed E-state index contributed by atoms with van der Waals surface area (Å²) in [6, 6.07) is 3.32. The summed E-state index contributed by atoms with van der Waals surface area (Å²) in [5, 5.41) is 6.97. The van der Waals surface area contributed by atoms with E-state index in [4.69, 9.17) is 19.9 Å². The minimum absolute atomic E-state index is 0.0238. The van der Waals surface area contributed by atoms with E-state index >= 15 is 4.39 Å². The molecule has 4 N–H and O–H groups in total. The van der Waals surface area contributed by atoms with Crippen LogP contribution in [0.25, 0.3) is 21.9 Å². The molecular weight excluding hydrogens is 441 g/mol. The van der Waals surface area contributed by atoms with Crippen LogP contribution in [-0.4, -0.2) is 48.5 Å². The molecule has 4 heterocycles. The van der Waals surface area contributed by atoms with E-state index in [1.807, 2.05) is 13.8 Å². The maximum absolute atomic E-state index is 15.3. The summed E-state index contributed by atoms with van der Waals surface area (Å²) in [6.07, 6.45) is 2.97. The Balaban J connectivity index is 1.46. The number of rotatable bonds is 4. The van der Waals surface area contributed by atoms with Crippen molar-refractivity contribution in [2.24, 2.45) is 5.92 Å². The quantitative estimate of drug-likeness (QED) is 0.491. The highest BCUT2D eigenvalue weighted by molar-refractivity contribution is 5.99. The van der Waals surface area contributed by atoms with Gasteiger partial charge in [0.05, 0.1) is 18.9 Å². The maximum Gasteiger partial charge on any atom is 0.413 e. The SMILES string of the molecule is CCC1COCC1OC(=O)Nc1cc2cc(-c3cnc4c(c3C)NCCO4)c(F)c(N)c2cn1. The lowest BCUT2D eigenvalue weighted by Crippen LogP contribution is -2.28. The van der Waals surface area contributed by atoms with Crippen LogP contribution in [0.4, 0.5) is 26.4 Å². The Morgan fingerprint density at radius 1 is 1.29 bits per heavy atom. The zero-order valence-corrected chi connectivity index (χ0v) is 19.0. The van der Waals surface area contributed by atoms with Gasteiger partial charge in [-0.25, -0.2) is 19.2 Å². The van der Waals surface area contributed by atoms with E-state index in [0.717, 1.165) is 17.7 Å². The molecule has 9 nitrogen and oxygen atoms in total. The van der Waals surface area contributed by atoms with Crippen LogP contribution in [0.1, 0.15) is 18.9 Å². The third kappa shape index (κ3) is 3.94. The van der Waals surface area contributed by atoms with Crippen molar-refractivity contribution in [2.75, 3.05) is 42.7 Å². The van der Waals surface area contributed by atoms with Gasteiger partial charge in [0.1, 0.15) is 24.2 Å². The molecule has 1 amide bonds. The molecule has 2 unspecified atom stereocenters. The number of nitrogen functional groups attached to an aromatic ring is 1. The number of amides is 1. The second-order valence-corrected chi connectivity index (χ2v) is 8.47. The molecule has 10 heteroatoms. The van der Waals surface area contributed by atoms with Crippen LogP contribution in [0.2, 0.25) is 0 Å². The fourth-order valence-electron chi connectivity index (χ4n) is 4.42. The number of anilines is 3. The van der Waals surface area contributed by atoms with E-state index in [9.17, 15) is 4.79 Å². The first-order valence-corrected chi connectivity index (χ1v) is 11.3. The number of nitrogens with zero attached hydrogens (tertiary/aromatic N) is 2. The highest BCUT2D eigenvalue weighted by Crippen LogP contribution is 2.39. The largest absolute Gasteiger partial charge is 0.474 e. The van der Waals surface area contributed by atoms with Crippen LogP contribution in [0.15, 0.2) is 24.5 Å². The third-order valence-electron chi connectivity index (χ3n) is 6.39. The Labute approximate surface area is 195 Å². The van der Waals surface area contributed by atoms with Gasteiger partial charge in [0.2, 0.25) is 5.88 Å². The number of hydrogen-bond donors (Lipinski definition) is 3. The van der Waals surface area contributed by atoms with Gasteiger partial charge in [0.25, 0.3) is 0 Å². The van der Waals surface area contributed by atoms with E-state index in [1.165, 1.54) is 6.20 Å². The molecule has 178 valence electrons. The standard InChI is InChI=1S/C24H26FN5O4/c1-3-13-10-32-11-18(13)34-24(31)30-19-7-14-6-15(20(25)21(26)17(14)9-28-19)16-8-29-23-22(12(16)2)27-4-5-33-23/h6-9,13,18,27H,3-5,10-11,26H2,1-2H3,(H,28,30,31). The first kappa shape index (κ1) is 22.1. The molecule has 3 aromatic rings. The van der Waals surface area contributed by atoms with Crippen molar-refractivity contribution in [3.63, 3.8) is 0 Å². The van der Waals surface area contributed by atoms with E-state index in [0.29, 0.717) is 54.1 Å². The highest BCUT2D eigenvalue weighted by atomic mass is 19.1. The van der Waals surface area contributed by atoms with Crippen LogP contribution in [0.3, 0.4) is 0 Å². The number of nitrogens with two attached hydrogens (primary N) is 1. The number of pyridine rings is 2. The maximum atomic E-state index is 15.3. The number of ether oxygens (including phenoxy) is 3. The minimum atomic E-state index is -0.614. The van der Waals surface area contributed by atoms with Crippen molar-refractivity contribution < 1.29 is 23.4 Å². The average molecular weight is 468 g/mol. The average Bonchev–Trinajstić information content (AvgIpc) is 3.29. The summed E-state index contributed by atoms with van der Waals surface area (Å²) >= 11 is 0. The summed E-state index contributed by atoms with van der Waals surface area (Å²) in [5.74, 6) is 0.391. The minimum Gasteiger partial charge on any atom is -0.474 e. The van der Waals surface area contributed by atoms with Crippen LogP contribution < -0.4 is 21.1 Å². The predicted octanol–water partition coefficient (Wildman–Crippen LogP) is 4.10. The van der Waals surface area contributed by atoms with Gasteiger partial charge in [-0.2, -0.15) is 0 Å². The molecule has 2 aromatic heterocycles. The fraction of sp³-hybridized carbons (Fsp3) is 0.375. The van der Waals surface area contributed by atoms with Gasteiger partial charge >= 0.3 is 6.09 Å². The predicted molar refractivity (Wildman–Crippen MR) is 127 cm³/mol. The smallest absolute Gasteiger partial charge is 0.413 e. The lowest BCUT2D eigenvalue weighted by Gasteiger charge is -2.22. The molecular formula is C24H26FN5O4. The molecule has 1 saturated heterocycles. The number of fused-ring (bicyclic) bond motifs is 2. The fourth-order valence-corrected chi connectivity index (χ4v) is 4.42. The van der Waals surface area contributed by atoms with Gasteiger partial charge < -0.3 is 25.3 Å². The lowest BCUT2D eigenvalue weighted by molar-refractivity contribution is 0.0816. The van der Waals surface area contributed by atoms with Crippen molar-refractivity contribution in [2.45, 2.75) is 26.4 Å². The van der Waals surface area contributed by atoms with Crippen LogP contribution >= 0.6 is 0 Å². The van der Waals surface area contributed by atoms with Gasteiger partial charge in [-0.15, -0.1) is 0 Å². The number of benzene rings is 1. The van der Waals surface area contributed by atoms with Crippen molar-refractivity contribution in [1.29, 1.82) is 0 Å². The normalized spacial score (nSPS) is 19.3. The Hall–Kier alpha value is -3.66. The van der Waals surface area contributed by atoms with Crippen LogP contribution in [0, 0.1) is 18.7 Å². The molecule has 34 heavy (non-hydrogen) atoms. The first-order valence-electron chi connectivity index (χ1n) is 11.3. The topological polar surface area (TPSA) is 121 Å². The number of aromatic nitrogens is 2. The van der Waals surface area contributed by atoms with Gasteiger partial charge in [-0.05, 0) is 36.4 Å². The van der Waals surface area contributed by atoms with E-state index in [2.05, 4.69) is 20.6 Å². The third-order valence-corrected chi connectivity index (χ3v) is 6.39. The molecule has 2 aliphatic heterocycles. The number of halogens is 1. The van der Waals surface area contributed by atoms with Crippen LogP contribution in [0.5, 0.6) is 5.88 Å². The van der Waals surface area contributed by atoms with Crippen molar-refractivity contribution >= 4 is 34.1 Å². The Bertz CT molecular complexity index is 1270. The molecule has 1 fully saturated rings. The van der Waals surface area contributed by atoms with Crippen molar-refractivity contribution in [1.82, 2.24) is 9.97 Å². The van der Waals surface area contributed by atoms with Gasteiger partial charge in [0.15, 0.2) is 5.82 Å². The van der Waals surface area contributed by atoms with Gasteiger partial charge in [-0.1, -0.05) is 6.92 Å². The molecule has 2 atom stereocenters. The van der Waals surface area contributed by atoms with Gasteiger partial charge in [0, 0.05) is 41.4 Å². The van der Waals surface area contributed by atoms with Crippen molar-refractivity contribution in [3.05, 3.63) is 35.9 Å². The summed E-state index contributed by atoms with van der Waals surface area (Å²) in [4.78, 5) is 21.0. The van der Waals surface area contributed by atoms with Crippen LogP contribution in [-0.2, 0) is 9.47 Å². The molecule has 0 aliphatic carbocycles. The number of carbonyl (C=O) groups is 1. The van der Waals surface area contributed by atoms with E-state index < -0.39 is 11.9 Å². The zero-order chi connectivity index (χ0) is 23.8. The monoisotopic (exact) mass is 467 g/mol. The van der Waals surface area contributed by atoms with Crippen molar-refractivity contribution in [3.8, 4) is 17.0 Å². The Morgan fingerprint density at radius 3 is 2.97 bits per heavy atom. The number of carbonyl (C=O) groups excluding carboxylic acids is 1. The first-order chi connectivity index (χ1) is 16.5. The summed E-state index contributed by atoms with van der Waals surface area (Å²) < 4.78 is 31.8. The second kappa shape index (κ2) is 8.94. The Kier molecular flexibility index (Phi) is 5.82. The Morgan fingerprint density at radius 2 is 2.15 bits per heavy atom. The molecule has 0 spiro atoms. The molecule has 0 bridgehead atoms. The molecule has 0 radical (unpaired) electrons. The summed E-state index contributed by atoms with van der Waals surface area (Å²) in [5.41, 5.74) is 8.56. The highest BCUT2D eigenvalue weighted by Gasteiger charge is 2.30. The molecule has 0 saturated carbocycles. The van der Waals surface area contributed by atoms with E-state index in [-0.39, 0.29) is 23.5 Å². The zero-order valence-electron chi connectivity index (χ0n) is 19.0. The molecule has 2 aliphatic rings.